The molecule has 0 amide bonds. The van der Waals surface area contributed by atoms with Crippen LogP contribution in [0.15, 0.2) is 41.5 Å². The van der Waals surface area contributed by atoms with E-state index in [2.05, 4.69) is 9.49 Å². The van der Waals surface area contributed by atoms with Gasteiger partial charge in [-0.05, 0) is 17.1 Å². The molecule has 0 N–H and O–H groups in total. The fraction of sp³-hybridized carbons (Fsp3) is 0. The third-order valence-electron chi connectivity index (χ3n) is 1.67. The maximum atomic E-state index is 8.49. The summed E-state index contributed by atoms with van der Waals surface area (Å²) in [4.78, 5) is 0. The molecule has 0 saturated carbocycles. The van der Waals surface area contributed by atoms with Gasteiger partial charge in [0.15, 0.2) is 5.00 Å². The van der Waals surface area contributed by atoms with Crippen molar-refractivity contribution in [1.29, 1.82) is 0 Å². The van der Waals surface area contributed by atoms with Crippen LogP contribution in [0, 0.1) is 0 Å². The van der Waals surface area contributed by atoms with Crippen molar-refractivity contribution < 1.29 is 0 Å². The summed E-state index contributed by atoms with van der Waals surface area (Å²) in [6.45, 7) is 0. The smallest absolute Gasteiger partial charge is 0.161 e. The molecule has 0 spiro atoms. The van der Waals surface area contributed by atoms with Gasteiger partial charge in [-0.25, -0.2) is 0 Å². The Bertz CT molecular complexity index is 408. The van der Waals surface area contributed by atoms with Crippen molar-refractivity contribution in [3.63, 3.8) is 0 Å². The zero-order valence-corrected chi connectivity index (χ0v) is 7.53. The first-order valence-electron chi connectivity index (χ1n) is 3.77. The highest BCUT2D eigenvalue weighted by molar-refractivity contribution is 7.10. The Morgan fingerprint density at radius 2 is 2.00 bits per heavy atom. The summed E-state index contributed by atoms with van der Waals surface area (Å²) in [5.41, 5.74) is 10.4. The van der Waals surface area contributed by atoms with Crippen molar-refractivity contribution >= 4 is 16.5 Å². The first kappa shape index (κ1) is 8.07. The summed E-state index contributed by atoms with van der Waals surface area (Å²) in [6.07, 6.45) is 0. The van der Waals surface area contributed by atoms with Gasteiger partial charge in [-0.15, -0.1) is 5.11 Å². The van der Waals surface area contributed by atoms with Crippen molar-refractivity contribution in [2.24, 2.45) is 5.11 Å². The number of aromatic nitrogens is 1. The molecule has 2 rings (SSSR count). The van der Waals surface area contributed by atoms with Crippen LogP contribution in [0.3, 0.4) is 0 Å². The summed E-state index contributed by atoms with van der Waals surface area (Å²) >= 11 is 1.18. The summed E-state index contributed by atoms with van der Waals surface area (Å²) < 4.78 is 4.15. The molecule has 13 heavy (non-hydrogen) atoms. The van der Waals surface area contributed by atoms with Crippen molar-refractivity contribution in [3.8, 4) is 11.3 Å². The van der Waals surface area contributed by atoms with Crippen LogP contribution in [0.5, 0.6) is 0 Å². The lowest BCUT2D eigenvalue weighted by Gasteiger charge is -1.92. The predicted molar refractivity (Wildman–Crippen MR) is 51.8 cm³/mol. The summed E-state index contributed by atoms with van der Waals surface area (Å²) in [7, 11) is 0. The molecule has 63 valence electrons. The van der Waals surface area contributed by atoms with Gasteiger partial charge in [0.1, 0.15) is 0 Å². The molecule has 2 aromatic rings. The average Bonchev–Trinajstić information content (AvgIpc) is 2.67. The zero-order valence-electron chi connectivity index (χ0n) is 6.71. The van der Waals surface area contributed by atoms with Crippen molar-refractivity contribution in [1.82, 2.24) is 9.90 Å². The fourth-order valence-electron chi connectivity index (χ4n) is 1.06. The molecule has 0 aliphatic rings. The molecule has 0 saturated heterocycles. The van der Waals surface area contributed by atoms with E-state index in [9.17, 15) is 0 Å². The molecule has 1 aromatic heterocycles. The first-order chi connectivity index (χ1) is 6.40. The Morgan fingerprint density at radius 3 is 2.62 bits per heavy atom. The number of hydrogen-bond donors (Lipinski definition) is 0. The largest absolute Gasteiger partial charge is 0.190 e. The minimum absolute atomic E-state index is 0.527. The second kappa shape index (κ2) is 3.45. The highest BCUT2D eigenvalue weighted by Gasteiger charge is 2.02. The number of benzene rings is 1. The van der Waals surface area contributed by atoms with E-state index in [-0.39, 0.29) is 0 Å². The van der Waals surface area contributed by atoms with E-state index in [1.165, 1.54) is 11.5 Å². The molecular formula is C9H6N3S. The van der Waals surface area contributed by atoms with E-state index in [0.717, 1.165) is 11.3 Å². The first-order valence-corrected chi connectivity index (χ1v) is 4.55. The van der Waals surface area contributed by atoms with Crippen molar-refractivity contribution in [2.45, 2.75) is 0 Å². The van der Waals surface area contributed by atoms with Crippen LogP contribution in [0.25, 0.3) is 11.3 Å². The molecular weight excluding hydrogens is 182 g/mol. The van der Waals surface area contributed by atoms with Crippen LogP contribution in [0.2, 0.25) is 0 Å². The fourth-order valence-corrected chi connectivity index (χ4v) is 1.61. The number of rotatable bonds is 2. The topological polar surface area (TPSA) is 47.5 Å². The van der Waals surface area contributed by atoms with E-state index in [1.54, 1.807) is 6.07 Å². The van der Waals surface area contributed by atoms with E-state index in [4.69, 9.17) is 5.53 Å². The normalized spacial score (nSPS) is 9.85. The Labute approximate surface area is 79.7 Å². The standard InChI is InChI=1S/C9H6N3S/c10-11-9-6-8(12-13-9)7-4-2-1-3-5-7/h1-6H. The molecule has 0 fully saturated rings. The van der Waals surface area contributed by atoms with Gasteiger partial charge in [0.05, 0.1) is 5.69 Å². The third kappa shape index (κ3) is 1.62. The van der Waals surface area contributed by atoms with Crippen molar-refractivity contribution in [2.75, 3.05) is 0 Å². The lowest BCUT2D eigenvalue weighted by Crippen LogP contribution is -1.72. The zero-order chi connectivity index (χ0) is 9.10. The van der Waals surface area contributed by atoms with Gasteiger partial charge in [-0.1, -0.05) is 30.3 Å². The van der Waals surface area contributed by atoms with Gasteiger partial charge in [0, 0.05) is 11.6 Å². The van der Waals surface area contributed by atoms with Gasteiger partial charge >= 0.3 is 0 Å². The number of nitrogens with zero attached hydrogens (tertiary/aromatic N) is 3. The van der Waals surface area contributed by atoms with E-state index < -0.39 is 0 Å². The van der Waals surface area contributed by atoms with Gasteiger partial charge in [-0.2, -0.15) is 4.37 Å². The Kier molecular flexibility index (Phi) is 2.14. The molecule has 1 aromatic carbocycles. The molecule has 0 atom stereocenters. The van der Waals surface area contributed by atoms with Crippen molar-refractivity contribution in [3.05, 3.63) is 36.4 Å². The lowest BCUT2D eigenvalue weighted by molar-refractivity contribution is 1.34. The van der Waals surface area contributed by atoms with E-state index in [1.807, 2.05) is 30.3 Å². The Morgan fingerprint density at radius 1 is 1.23 bits per heavy atom. The van der Waals surface area contributed by atoms with Gasteiger partial charge in [-0.3, -0.25) is 0 Å². The SMILES string of the molecule is [N]=Nc1cc(-c2ccccc2)ns1. The molecule has 1 heterocycles. The van der Waals surface area contributed by atoms with Crippen LogP contribution in [-0.4, -0.2) is 4.37 Å². The molecule has 0 bridgehead atoms. The van der Waals surface area contributed by atoms with Crippen LogP contribution >= 0.6 is 11.5 Å². The van der Waals surface area contributed by atoms with E-state index >= 15 is 0 Å². The number of hydrogen-bond acceptors (Lipinski definition) is 3. The van der Waals surface area contributed by atoms with E-state index in [0.29, 0.717) is 5.00 Å². The minimum atomic E-state index is 0.527. The Hall–Kier alpha value is -1.55. The molecule has 0 unspecified atom stereocenters. The third-order valence-corrected chi connectivity index (χ3v) is 2.34. The molecule has 0 aliphatic carbocycles. The minimum Gasteiger partial charge on any atom is -0.190 e. The maximum absolute atomic E-state index is 8.49. The van der Waals surface area contributed by atoms with Crippen LogP contribution < -0.4 is 5.53 Å². The van der Waals surface area contributed by atoms with Gasteiger partial charge in [0.25, 0.3) is 0 Å². The van der Waals surface area contributed by atoms with Gasteiger partial charge < -0.3 is 0 Å². The average molecular weight is 188 g/mol. The molecule has 1 radical (unpaired) electrons. The van der Waals surface area contributed by atoms with Crippen LogP contribution in [0.4, 0.5) is 5.00 Å². The second-order valence-electron chi connectivity index (χ2n) is 2.52. The van der Waals surface area contributed by atoms with Crippen LogP contribution in [-0.2, 0) is 0 Å². The second-order valence-corrected chi connectivity index (χ2v) is 3.30. The van der Waals surface area contributed by atoms with Crippen LogP contribution in [0.1, 0.15) is 0 Å². The van der Waals surface area contributed by atoms with Gasteiger partial charge in [0.2, 0.25) is 0 Å². The summed E-state index contributed by atoms with van der Waals surface area (Å²) in [5.74, 6) is 0. The monoisotopic (exact) mass is 188 g/mol. The highest BCUT2D eigenvalue weighted by atomic mass is 32.1. The quantitative estimate of drug-likeness (QED) is 0.668. The molecule has 3 nitrogen and oxygen atoms in total. The molecule has 0 aliphatic heterocycles. The molecule has 4 heteroatoms. The summed E-state index contributed by atoms with van der Waals surface area (Å²) in [5, 5.41) is 3.60. The summed E-state index contributed by atoms with van der Waals surface area (Å²) in [6, 6.07) is 11.5. The Balaban J connectivity index is 2.41. The predicted octanol–water partition coefficient (Wildman–Crippen LogP) is 2.69. The maximum Gasteiger partial charge on any atom is 0.161 e. The highest BCUT2D eigenvalue weighted by Crippen LogP contribution is 2.26. The lowest BCUT2D eigenvalue weighted by atomic mass is 10.2.